The monoisotopic (exact) mass is 239 g/mol. The number of anilines is 1. The third-order valence-electron chi connectivity index (χ3n) is 1.93. The van der Waals surface area contributed by atoms with Gasteiger partial charge >= 0.3 is 12.1 Å². The molecule has 0 saturated heterocycles. The maximum atomic E-state index is 10.9. The number of aromatic carboxylic acids is 1. The molecule has 4 N–H and O–H groups in total. The number of hydrogen-bond donors (Lipinski definition) is 3. The summed E-state index contributed by atoms with van der Waals surface area (Å²) in [6.07, 6.45) is 0.408. The number of nitrogens with one attached hydrogen (secondary N) is 1. The van der Waals surface area contributed by atoms with Gasteiger partial charge in [-0.05, 0) is 13.0 Å². The van der Waals surface area contributed by atoms with E-state index < -0.39 is 12.1 Å². The second kappa shape index (κ2) is 5.69. The van der Waals surface area contributed by atoms with Crippen molar-refractivity contribution in [3.8, 4) is 0 Å². The molecule has 0 spiro atoms. The second-order valence-corrected chi connectivity index (χ2v) is 3.27. The van der Waals surface area contributed by atoms with Crippen molar-refractivity contribution in [1.29, 1.82) is 0 Å². The third kappa shape index (κ3) is 3.98. The Morgan fingerprint density at radius 3 is 2.88 bits per heavy atom. The van der Waals surface area contributed by atoms with Crippen LogP contribution in [0, 0.1) is 6.92 Å². The molecule has 1 rings (SSSR count). The minimum Gasteiger partial charge on any atom is -0.478 e. The number of carbonyl (C=O) groups excluding carboxylic acids is 1. The van der Waals surface area contributed by atoms with E-state index in [0.717, 1.165) is 0 Å². The minimum atomic E-state index is -1.07. The van der Waals surface area contributed by atoms with E-state index >= 15 is 0 Å². The van der Waals surface area contributed by atoms with Gasteiger partial charge in [0.1, 0.15) is 12.2 Å². The van der Waals surface area contributed by atoms with E-state index in [-0.39, 0.29) is 18.7 Å². The van der Waals surface area contributed by atoms with Crippen molar-refractivity contribution in [1.82, 2.24) is 4.98 Å². The van der Waals surface area contributed by atoms with Gasteiger partial charge in [0.25, 0.3) is 0 Å². The number of aryl methyl sites for hydroxylation is 1. The molecule has 0 aromatic carbocycles. The zero-order valence-electron chi connectivity index (χ0n) is 9.27. The molecular weight excluding hydrogens is 226 g/mol. The van der Waals surface area contributed by atoms with Gasteiger partial charge in [0.05, 0.1) is 5.69 Å². The Bertz CT molecular complexity index is 434. The minimum absolute atomic E-state index is 0.0645. The molecule has 7 nitrogen and oxygen atoms in total. The predicted octanol–water partition coefficient (Wildman–Crippen LogP) is 0.595. The lowest BCUT2D eigenvalue weighted by Crippen LogP contribution is -2.19. The van der Waals surface area contributed by atoms with Crippen molar-refractivity contribution < 1.29 is 19.4 Å². The number of carbonyl (C=O) groups is 2. The standard InChI is InChI=1S/C10H13N3O4/c1-6-4-8(7(5-13-6)9(14)15)12-2-3-17-10(11)16/h4-5H,2-3H2,1H3,(H2,11,16)(H,12,13)(H,14,15). The van der Waals surface area contributed by atoms with E-state index in [9.17, 15) is 9.59 Å². The first kappa shape index (κ1) is 12.8. The molecule has 1 heterocycles. The maximum Gasteiger partial charge on any atom is 0.404 e. The van der Waals surface area contributed by atoms with Gasteiger partial charge in [-0.1, -0.05) is 0 Å². The summed E-state index contributed by atoms with van der Waals surface area (Å²) in [4.78, 5) is 25.1. The lowest BCUT2D eigenvalue weighted by molar-refractivity contribution is 0.0697. The molecule has 0 saturated carbocycles. The molecule has 0 atom stereocenters. The number of nitrogens with two attached hydrogens (primary N) is 1. The number of primary amides is 1. The Kier molecular flexibility index (Phi) is 4.27. The molecule has 1 aromatic rings. The predicted molar refractivity (Wildman–Crippen MR) is 60.0 cm³/mol. The summed E-state index contributed by atoms with van der Waals surface area (Å²) in [5, 5.41) is 11.8. The van der Waals surface area contributed by atoms with Gasteiger partial charge in [-0.25, -0.2) is 9.59 Å². The summed E-state index contributed by atoms with van der Waals surface area (Å²) in [6, 6.07) is 1.60. The average Bonchev–Trinajstić information content (AvgIpc) is 2.23. The number of pyridine rings is 1. The lowest BCUT2D eigenvalue weighted by Gasteiger charge is -2.09. The fourth-order valence-electron chi connectivity index (χ4n) is 1.21. The summed E-state index contributed by atoms with van der Waals surface area (Å²) in [6.45, 7) is 2.08. The van der Waals surface area contributed by atoms with Crippen LogP contribution in [-0.2, 0) is 4.74 Å². The van der Waals surface area contributed by atoms with E-state index in [1.165, 1.54) is 6.20 Å². The zero-order valence-corrected chi connectivity index (χ0v) is 9.27. The topological polar surface area (TPSA) is 115 Å². The van der Waals surface area contributed by atoms with Crippen molar-refractivity contribution in [2.45, 2.75) is 6.92 Å². The van der Waals surface area contributed by atoms with Crippen LogP contribution in [0.4, 0.5) is 10.5 Å². The van der Waals surface area contributed by atoms with Crippen LogP contribution in [-0.4, -0.2) is 35.3 Å². The van der Waals surface area contributed by atoms with Crippen LogP contribution in [0.5, 0.6) is 0 Å². The molecular formula is C10H13N3O4. The molecule has 7 heteroatoms. The SMILES string of the molecule is Cc1cc(NCCOC(N)=O)c(C(=O)O)cn1. The van der Waals surface area contributed by atoms with Gasteiger partial charge in [0, 0.05) is 18.4 Å². The highest BCUT2D eigenvalue weighted by molar-refractivity contribution is 5.93. The lowest BCUT2D eigenvalue weighted by atomic mass is 10.2. The van der Waals surface area contributed by atoms with Crippen LogP contribution in [0.1, 0.15) is 16.1 Å². The first-order chi connectivity index (χ1) is 8.00. The molecule has 1 amide bonds. The molecule has 17 heavy (non-hydrogen) atoms. The smallest absolute Gasteiger partial charge is 0.404 e. The summed E-state index contributed by atoms with van der Waals surface area (Å²) in [7, 11) is 0. The quantitative estimate of drug-likeness (QED) is 0.648. The summed E-state index contributed by atoms with van der Waals surface area (Å²) >= 11 is 0. The molecule has 0 aliphatic heterocycles. The molecule has 1 aromatic heterocycles. The summed E-state index contributed by atoms with van der Waals surface area (Å²) in [5.41, 5.74) is 5.96. The van der Waals surface area contributed by atoms with Gasteiger partial charge in [0.2, 0.25) is 0 Å². The molecule has 0 aliphatic rings. The van der Waals surface area contributed by atoms with E-state index in [2.05, 4.69) is 15.0 Å². The Balaban J connectivity index is 2.65. The fraction of sp³-hybridized carbons (Fsp3) is 0.300. The van der Waals surface area contributed by atoms with E-state index in [1.54, 1.807) is 13.0 Å². The number of carboxylic acid groups (broad SMARTS) is 1. The van der Waals surface area contributed by atoms with E-state index in [1.807, 2.05) is 0 Å². The van der Waals surface area contributed by atoms with Crippen molar-refractivity contribution in [3.05, 3.63) is 23.5 Å². The Morgan fingerprint density at radius 2 is 2.29 bits per heavy atom. The Hall–Kier alpha value is -2.31. The Morgan fingerprint density at radius 1 is 1.59 bits per heavy atom. The molecule has 0 aliphatic carbocycles. The fourth-order valence-corrected chi connectivity index (χ4v) is 1.21. The maximum absolute atomic E-state index is 10.9. The van der Waals surface area contributed by atoms with Crippen LogP contribution in [0.15, 0.2) is 12.3 Å². The van der Waals surface area contributed by atoms with Crippen molar-refractivity contribution in [2.75, 3.05) is 18.5 Å². The Labute approximate surface area is 97.6 Å². The molecule has 0 fully saturated rings. The van der Waals surface area contributed by atoms with Gasteiger partial charge in [-0.3, -0.25) is 4.98 Å². The summed E-state index contributed by atoms with van der Waals surface area (Å²) in [5.74, 6) is -1.07. The first-order valence-corrected chi connectivity index (χ1v) is 4.86. The number of hydrogen-bond acceptors (Lipinski definition) is 5. The highest BCUT2D eigenvalue weighted by Gasteiger charge is 2.10. The number of aromatic nitrogens is 1. The number of nitrogens with zero attached hydrogens (tertiary/aromatic N) is 1. The average molecular weight is 239 g/mol. The molecule has 92 valence electrons. The third-order valence-corrected chi connectivity index (χ3v) is 1.93. The van der Waals surface area contributed by atoms with Crippen LogP contribution >= 0.6 is 0 Å². The van der Waals surface area contributed by atoms with Crippen LogP contribution in [0.25, 0.3) is 0 Å². The second-order valence-electron chi connectivity index (χ2n) is 3.27. The van der Waals surface area contributed by atoms with Gasteiger partial charge < -0.3 is 20.9 Å². The zero-order chi connectivity index (χ0) is 12.8. The van der Waals surface area contributed by atoms with Gasteiger partial charge in [-0.15, -0.1) is 0 Å². The molecule has 0 radical (unpaired) electrons. The van der Waals surface area contributed by atoms with Gasteiger partial charge in [-0.2, -0.15) is 0 Å². The summed E-state index contributed by atoms with van der Waals surface area (Å²) < 4.78 is 4.51. The van der Waals surface area contributed by atoms with E-state index in [0.29, 0.717) is 11.4 Å². The molecule has 0 unspecified atom stereocenters. The number of amides is 1. The number of carboxylic acids is 1. The van der Waals surface area contributed by atoms with Crippen LogP contribution in [0.3, 0.4) is 0 Å². The van der Waals surface area contributed by atoms with Crippen LogP contribution in [0.2, 0.25) is 0 Å². The first-order valence-electron chi connectivity index (χ1n) is 4.86. The highest BCUT2D eigenvalue weighted by atomic mass is 16.5. The van der Waals surface area contributed by atoms with Crippen molar-refractivity contribution >= 4 is 17.7 Å². The normalized spacial score (nSPS) is 9.71. The van der Waals surface area contributed by atoms with E-state index in [4.69, 9.17) is 10.8 Å². The van der Waals surface area contributed by atoms with Crippen LogP contribution < -0.4 is 11.1 Å². The molecule has 0 bridgehead atoms. The highest BCUT2D eigenvalue weighted by Crippen LogP contribution is 2.15. The van der Waals surface area contributed by atoms with Gasteiger partial charge in [0.15, 0.2) is 0 Å². The number of ether oxygens (including phenoxy) is 1. The number of rotatable bonds is 5. The van der Waals surface area contributed by atoms with Crippen molar-refractivity contribution in [3.63, 3.8) is 0 Å². The largest absolute Gasteiger partial charge is 0.478 e. The van der Waals surface area contributed by atoms with Crippen molar-refractivity contribution in [2.24, 2.45) is 5.73 Å².